The van der Waals surface area contributed by atoms with E-state index in [9.17, 15) is 4.79 Å². The van der Waals surface area contributed by atoms with Crippen LogP contribution in [0.4, 0.5) is 0 Å². The molecule has 0 bridgehead atoms. The van der Waals surface area contributed by atoms with Gasteiger partial charge in [-0.3, -0.25) is 0 Å². The summed E-state index contributed by atoms with van der Waals surface area (Å²) >= 11 is 0. The Labute approximate surface area is 137 Å². The Morgan fingerprint density at radius 1 is 1.00 bits per heavy atom. The monoisotopic (exact) mass is 314 g/mol. The van der Waals surface area contributed by atoms with Gasteiger partial charge in [-0.1, -0.05) is 38.1 Å². The van der Waals surface area contributed by atoms with Crippen molar-refractivity contribution in [1.29, 1.82) is 0 Å². The topological polar surface area (TPSA) is 44.8 Å². The Morgan fingerprint density at radius 3 is 2.26 bits per heavy atom. The van der Waals surface area contributed by atoms with Crippen LogP contribution in [0.5, 0.6) is 11.5 Å². The lowest BCUT2D eigenvalue weighted by molar-refractivity contribution is 0.0600. The molecule has 4 heteroatoms. The lowest BCUT2D eigenvalue weighted by Gasteiger charge is -2.12. The molecule has 0 N–H and O–H groups in total. The molecular weight excluding hydrogens is 292 g/mol. The predicted octanol–water partition coefficient (Wildman–Crippen LogP) is 4.18. The maximum atomic E-state index is 11.5. The number of benzene rings is 2. The van der Waals surface area contributed by atoms with E-state index in [0.717, 1.165) is 5.56 Å². The van der Waals surface area contributed by atoms with Gasteiger partial charge in [-0.2, -0.15) is 0 Å². The van der Waals surface area contributed by atoms with Crippen LogP contribution in [0.15, 0.2) is 42.5 Å². The summed E-state index contributed by atoms with van der Waals surface area (Å²) in [6, 6.07) is 13.3. The first-order valence-electron chi connectivity index (χ1n) is 7.53. The maximum Gasteiger partial charge on any atom is 0.337 e. The summed E-state index contributed by atoms with van der Waals surface area (Å²) in [7, 11) is 2.89. The molecule has 0 aliphatic heterocycles. The van der Waals surface area contributed by atoms with Crippen LogP contribution in [0.1, 0.15) is 41.3 Å². The summed E-state index contributed by atoms with van der Waals surface area (Å²) < 4.78 is 15.8. The molecule has 0 radical (unpaired) electrons. The molecule has 122 valence electrons. The number of ether oxygens (including phenoxy) is 3. The van der Waals surface area contributed by atoms with Crippen molar-refractivity contribution in [3.63, 3.8) is 0 Å². The Hall–Kier alpha value is -2.49. The summed E-state index contributed by atoms with van der Waals surface area (Å²) in [5, 5.41) is 0. The highest BCUT2D eigenvalue weighted by Gasteiger charge is 2.11. The predicted molar refractivity (Wildman–Crippen MR) is 89.2 cm³/mol. The van der Waals surface area contributed by atoms with Crippen LogP contribution < -0.4 is 9.47 Å². The number of carbonyl (C=O) groups is 1. The van der Waals surface area contributed by atoms with Crippen molar-refractivity contribution in [1.82, 2.24) is 0 Å². The van der Waals surface area contributed by atoms with Gasteiger partial charge in [-0.25, -0.2) is 4.79 Å². The molecule has 23 heavy (non-hydrogen) atoms. The van der Waals surface area contributed by atoms with Crippen LogP contribution in [0.25, 0.3) is 0 Å². The number of esters is 1. The molecular formula is C19H22O4. The zero-order chi connectivity index (χ0) is 16.8. The van der Waals surface area contributed by atoms with Crippen molar-refractivity contribution >= 4 is 5.97 Å². The third kappa shape index (κ3) is 4.25. The number of carbonyl (C=O) groups excluding carboxylic acids is 1. The van der Waals surface area contributed by atoms with Gasteiger partial charge in [0.1, 0.15) is 6.61 Å². The van der Waals surface area contributed by atoms with Crippen molar-refractivity contribution < 1.29 is 19.0 Å². The zero-order valence-electron chi connectivity index (χ0n) is 14.0. The largest absolute Gasteiger partial charge is 0.493 e. The van der Waals surface area contributed by atoms with Gasteiger partial charge in [0.2, 0.25) is 0 Å². The van der Waals surface area contributed by atoms with Gasteiger partial charge in [-0.15, -0.1) is 0 Å². The molecule has 0 saturated carbocycles. The van der Waals surface area contributed by atoms with E-state index in [1.54, 1.807) is 25.3 Å². The van der Waals surface area contributed by atoms with Gasteiger partial charge >= 0.3 is 5.97 Å². The second-order valence-electron chi connectivity index (χ2n) is 5.54. The standard InChI is InChI=1S/C19H22O4/c1-13(2)15-7-5-14(6-8-15)12-23-17-10-9-16(19(20)22-4)11-18(17)21-3/h5-11,13H,12H2,1-4H3. The van der Waals surface area contributed by atoms with Gasteiger partial charge in [0, 0.05) is 0 Å². The minimum Gasteiger partial charge on any atom is -0.493 e. The van der Waals surface area contributed by atoms with Gasteiger partial charge in [-0.05, 0) is 35.2 Å². The summed E-state index contributed by atoms with van der Waals surface area (Å²) in [6.45, 7) is 4.77. The van der Waals surface area contributed by atoms with E-state index in [-0.39, 0.29) is 0 Å². The summed E-state index contributed by atoms with van der Waals surface area (Å²) in [6.07, 6.45) is 0. The van der Waals surface area contributed by atoms with Crippen LogP contribution in [0, 0.1) is 0 Å². The fourth-order valence-electron chi connectivity index (χ4n) is 2.19. The fourth-order valence-corrected chi connectivity index (χ4v) is 2.19. The lowest BCUT2D eigenvalue weighted by Crippen LogP contribution is -2.03. The molecule has 0 aromatic heterocycles. The van der Waals surface area contributed by atoms with Crippen molar-refractivity contribution in [2.75, 3.05) is 14.2 Å². The first-order valence-corrected chi connectivity index (χ1v) is 7.53. The lowest BCUT2D eigenvalue weighted by atomic mass is 10.0. The Bertz CT molecular complexity index is 660. The highest BCUT2D eigenvalue weighted by Crippen LogP contribution is 2.29. The smallest absolute Gasteiger partial charge is 0.337 e. The fraction of sp³-hybridized carbons (Fsp3) is 0.316. The molecule has 0 aliphatic rings. The summed E-state index contributed by atoms with van der Waals surface area (Å²) in [5.41, 5.74) is 2.81. The highest BCUT2D eigenvalue weighted by molar-refractivity contribution is 5.90. The van der Waals surface area contributed by atoms with Gasteiger partial charge in [0.05, 0.1) is 19.8 Å². The second-order valence-corrected chi connectivity index (χ2v) is 5.54. The van der Waals surface area contributed by atoms with Gasteiger partial charge in [0.15, 0.2) is 11.5 Å². The molecule has 0 aliphatic carbocycles. The minimum atomic E-state index is -0.404. The summed E-state index contributed by atoms with van der Waals surface area (Å²) in [5.74, 6) is 1.20. The van der Waals surface area contributed by atoms with Crippen LogP contribution in [-0.4, -0.2) is 20.2 Å². The SMILES string of the molecule is COC(=O)c1ccc(OCc2ccc(C(C)C)cc2)c(OC)c1. The van der Waals surface area contributed by atoms with Gasteiger partial charge < -0.3 is 14.2 Å². The first-order chi connectivity index (χ1) is 11.0. The minimum absolute atomic E-state index is 0.404. The molecule has 0 unspecified atom stereocenters. The average Bonchev–Trinajstić information content (AvgIpc) is 2.59. The Morgan fingerprint density at radius 2 is 1.70 bits per heavy atom. The first kappa shape index (κ1) is 16.9. The number of hydrogen-bond acceptors (Lipinski definition) is 4. The van der Waals surface area contributed by atoms with E-state index < -0.39 is 5.97 Å². The van der Waals surface area contributed by atoms with Crippen LogP contribution in [0.2, 0.25) is 0 Å². The molecule has 0 saturated heterocycles. The van der Waals surface area contributed by atoms with Crippen LogP contribution in [-0.2, 0) is 11.3 Å². The van der Waals surface area contributed by atoms with Gasteiger partial charge in [0.25, 0.3) is 0 Å². The molecule has 2 rings (SSSR count). The van der Waals surface area contributed by atoms with E-state index in [1.165, 1.54) is 12.7 Å². The molecule has 0 spiro atoms. The molecule has 2 aromatic carbocycles. The highest BCUT2D eigenvalue weighted by atomic mass is 16.5. The van der Waals surface area contributed by atoms with Crippen molar-refractivity contribution in [3.05, 3.63) is 59.2 Å². The van der Waals surface area contributed by atoms with Crippen molar-refractivity contribution in [3.8, 4) is 11.5 Å². The molecule has 0 fully saturated rings. The third-order valence-corrected chi connectivity index (χ3v) is 3.63. The van der Waals surface area contributed by atoms with E-state index in [1.807, 2.05) is 0 Å². The normalized spacial score (nSPS) is 10.5. The maximum absolute atomic E-state index is 11.5. The zero-order valence-corrected chi connectivity index (χ0v) is 14.0. The van der Waals surface area contributed by atoms with E-state index in [0.29, 0.717) is 29.6 Å². The average molecular weight is 314 g/mol. The number of methoxy groups -OCH3 is 2. The molecule has 0 atom stereocenters. The summed E-state index contributed by atoms with van der Waals surface area (Å²) in [4.78, 5) is 11.5. The van der Waals surface area contributed by atoms with Crippen molar-refractivity contribution in [2.24, 2.45) is 0 Å². The quantitative estimate of drug-likeness (QED) is 0.750. The van der Waals surface area contributed by atoms with Crippen LogP contribution in [0.3, 0.4) is 0 Å². The molecule has 2 aromatic rings. The molecule has 0 amide bonds. The second kappa shape index (κ2) is 7.68. The Kier molecular flexibility index (Phi) is 5.63. The number of rotatable bonds is 6. The third-order valence-electron chi connectivity index (χ3n) is 3.63. The number of hydrogen-bond donors (Lipinski definition) is 0. The van der Waals surface area contributed by atoms with Crippen molar-refractivity contribution in [2.45, 2.75) is 26.4 Å². The van der Waals surface area contributed by atoms with E-state index in [2.05, 4.69) is 38.1 Å². The molecule has 0 heterocycles. The Balaban J connectivity index is 2.09. The van der Waals surface area contributed by atoms with Crippen LogP contribution >= 0.6 is 0 Å². The van der Waals surface area contributed by atoms with E-state index >= 15 is 0 Å². The van der Waals surface area contributed by atoms with E-state index in [4.69, 9.17) is 14.2 Å². The molecule has 4 nitrogen and oxygen atoms in total.